The summed E-state index contributed by atoms with van der Waals surface area (Å²) in [6.07, 6.45) is -1.08. The van der Waals surface area contributed by atoms with E-state index in [0.29, 0.717) is 4.90 Å². The molecule has 1 aliphatic rings. The molecule has 0 radical (unpaired) electrons. The van der Waals surface area contributed by atoms with Gasteiger partial charge in [-0.3, -0.25) is 9.30 Å². The molecule has 4 rings (SSSR count). The molecule has 0 amide bonds. The van der Waals surface area contributed by atoms with Crippen LogP contribution < -0.4 is 10.6 Å². The number of halogens is 1. The van der Waals surface area contributed by atoms with Crippen LogP contribution in [0.4, 0.5) is 5.69 Å². The highest BCUT2D eigenvalue weighted by molar-refractivity contribution is 6.30. The summed E-state index contributed by atoms with van der Waals surface area (Å²) < 4.78 is 87.0. The van der Waals surface area contributed by atoms with Gasteiger partial charge in [0.2, 0.25) is 0 Å². The van der Waals surface area contributed by atoms with Crippen molar-refractivity contribution >= 4 is 22.9 Å². The third-order valence-electron chi connectivity index (χ3n) is 3.68. The molecule has 0 bridgehead atoms. The molecule has 0 N–H and O–H groups in total. The number of piperazine rings is 1. The van der Waals surface area contributed by atoms with Crippen LogP contribution in [0.2, 0.25) is 5.02 Å². The zero-order valence-electron chi connectivity index (χ0n) is 23.6. The van der Waals surface area contributed by atoms with E-state index in [-0.39, 0.29) is 21.3 Å². The van der Waals surface area contributed by atoms with Crippen molar-refractivity contribution in [2.45, 2.75) is 12.9 Å². The summed E-state index contributed by atoms with van der Waals surface area (Å²) in [6, 6.07) is 10.1. The Kier molecular flexibility index (Phi) is 2.62. The van der Waals surface area contributed by atoms with Crippen molar-refractivity contribution in [1.82, 2.24) is 19.1 Å². The Morgan fingerprint density at radius 3 is 2.73 bits per heavy atom. The molecule has 0 saturated carbocycles. The molecule has 2 aromatic heterocycles. The minimum Gasteiger partial charge on any atom is -0.369 e. The fourth-order valence-electron chi connectivity index (χ4n) is 2.44. The first-order valence-electron chi connectivity index (χ1n) is 12.8. The summed E-state index contributed by atoms with van der Waals surface area (Å²) in [5.74, 6) is 0. The van der Waals surface area contributed by atoms with Gasteiger partial charge in [-0.2, -0.15) is 0 Å². The van der Waals surface area contributed by atoms with E-state index in [2.05, 4.69) is 5.10 Å². The Balaban J connectivity index is 1.74. The quantitative estimate of drug-likeness (QED) is 0.680. The van der Waals surface area contributed by atoms with E-state index in [1.54, 1.807) is 12.1 Å². The van der Waals surface area contributed by atoms with Crippen molar-refractivity contribution < 1.29 is 13.7 Å². The smallest absolute Gasteiger partial charge is 0.350 e. The lowest BCUT2D eigenvalue weighted by Gasteiger charge is -2.36. The Labute approximate surface area is 171 Å². The maximum absolute atomic E-state index is 12.6. The fraction of sp³-hybridized carbons (Fsp3) is 0.368. The molecule has 1 saturated heterocycles. The van der Waals surface area contributed by atoms with E-state index in [0.717, 1.165) is 4.68 Å². The van der Waals surface area contributed by atoms with Crippen LogP contribution in [0.3, 0.4) is 0 Å². The minimum absolute atomic E-state index is 0.108. The van der Waals surface area contributed by atoms with Gasteiger partial charge in [0.05, 0.1) is 5.48 Å². The molecule has 3 aromatic rings. The maximum atomic E-state index is 12.6. The van der Waals surface area contributed by atoms with E-state index in [1.807, 2.05) is 0 Å². The molecule has 1 fully saturated rings. The van der Waals surface area contributed by atoms with Crippen molar-refractivity contribution in [3.8, 4) is 0 Å². The number of hydrogen-bond acceptors (Lipinski definition) is 4. The highest BCUT2D eigenvalue weighted by Crippen LogP contribution is 2.20. The molecule has 0 aliphatic carbocycles. The van der Waals surface area contributed by atoms with Crippen LogP contribution in [0.5, 0.6) is 0 Å². The number of rotatable bonds is 5. The zero-order valence-corrected chi connectivity index (χ0v) is 14.3. The SMILES string of the molecule is [2H]C([2H])(CN1C([2H])([2H])C([2H])([2H])N(c2cccc(Cl)c2)C([2H])([2H])C1([2H])[2H])Cn1nc2ccccn2c1=O. The Hall–Kier alpha value is -2.31. The number of aromatic nitrogens is 3. The predicted octanol–water partition coefficient (Wildman–Crippen LogP) is 2.36. The van der Waals surface area contributed by atoms with Crippen molar-refractivity contribution in [3.63, 3.8) is 0 Å². The molecule has 0 atom stereocenters. The molecule has 6 nitrogen and oxygen atoms in total. The third kappa shape index (κ3) is 3.61. The van der Waals surface area contributed by atoms with E-state index in [4.69, 9.17) is 25.3 Å². The van der Waals surface area contributed by atoms with E-state index in [9.17, 15) is 4.79 Å². The van der Waals surface area contributed by atoms with Gasteiger partial charge < -0.3 is 4.90 Å². The van der Waals surface area contributed by atoms with Crippen LogP contribution in [0.1, 0.15) is 20.1 Å². The van der Waals surface area contributed by atoms with Crippen molar-refractivity contribution in [2.24, 2.45) is 0 Å². The topological polar surface area (TPSA) is 45.8 Å². The Bertz CT molecular complexity index is 1330. The summed E-state index contributed by atoms with van der Waals surface area (Å²) in [6.45, 7) is -14.6. The summed E-state index contributed by atoms with van der Waals surface area (Å²) in [5.41, 5.74) is -0.618. The van der Waals surface area contributed by atoms with Gasteiger partial charge >= 0.3 is 5.69 Å². The number of aryl methyl sites for hydroxylation is 1. The molecule has 1 aliphatic heterocycles. The molecule has 0 spiro atoms. The Morgan fingerprint density at radius 1 is 1.12 bits per heavy atom. The van der Waals surface area contributed by atoms with Crippen molar-refractivity contribution in [3.05, 3.63) is 64.2 Å². The van der Waals surface area contributed by atoms with E-state index >= 15 is 0 Å². The molecule has 26 heavy (non-hydrogen) atoms. The van der Waals surface area contributed by atoms with Crippen LogP contribution in [-0.2, 0) is 6.54 Å². The first-order chi connectivity index (χ1) is 16.4. The number of anilines is 1. The predicted molar refractivity (Wildman–Crippen MR) is 104 cm³/mol. The van der Waals surface area contributed by atoms with Gasteiger partial charge in [-0.15, -0.1) is 5.10 Å². The number of hydrogen-bond donors (Lipinski definition) is 0. The average Bonchev–Trinajstić information content (AvgIpc) is 3.05. The second-order valence-corrected chi connectivity index (χ2v) is 5.90. The number of pyridine rings is 1. The van der Waals surface area contributed by atoms with E-state index < -0.39 is 51.1 Å². The minimum atomic E-state index is -3.23. The van der Waals surface area contributed by atoms with E-state index in [1.165, 1.54) is 40.9 Å². The van der Waals surface area contributed by atoms with Crippen LogP contribution in [0, 0.1) is 0 Å². The molecular weight excluding hydrogens is 350 g/mol. The molecule has 3 heterocycles. The molecule has 0 unspecified atom stereocenters. The fourth-order valence-corrected chi connectivity index (χ4v) is 2.62. The van der Waals surface area contributed by atoms with Gasteiger partial charge in [-0.1, -0.05) is 23.7 Å². The molecule has 7 heteroatoms. The summed E-state index contributed by atoms with van der Waals surface area (Å²) in [5, 5.41) is 4.14. The van der Waals surface area contributed by atoms with Gasteiger partial charge in [0.15, 0.2) is 5.65 Å². The monoisotopic (exact) mass is 381 g/mol. The second-order valence-electron chi connectivity index (χ2n) is 5.47. The van der Waals surface area contributed by atoms with Crippen molar-refractivity contribution in [1.29, 1.82) is 0 Å². The maximum Gasteiger partial charge on any atom is 0.350 e. The summed E-state index contributed by atoms with van der Waals surface area (Å²) in [4.78, 5) is 13.1. The van der Waals surface area contributed by atoms with Crippen molar-refractivity contribution in [2.75, 3.05) is 37.4 Å². The zero-order chi connectivity index (χ0) is 26.9. The number of benzene rings is 1. The Morgan fingerprint density at radius 2 is 1.96 bits per heavy atom. The molecular formula is C19H22ClN5O. The summed E-state index contributed by atoms with van der Waals surface area (Å²) in [7, 11) is 0. The average molecular weight is 382 g/mol. The number of fused-ring (bicyclic) bond motifs is 1. The van der Waals surface area contributed by atoms with Gasteiger partial charge in [0, 0.05) is 64.2 Å². The number of nitrogens with zero attached hydrogens (tertiary/aromatic N) is 5. The first kappa shape index (κ1) is 9.06. The first-order valence-corrected chi connectivity index (χ1v) is 8.19. The standard InChI is InChI=1S/C19H22ClN5O/c20-16-5-3-6-17(15-16)23-13-11-22(12-14-23)8-4-10-25-19(26)24-9-2-1-7-18(24)21-25/h1-3,5-7,9,15H,4,8,10-14H2/i4D2,11D2,12D2,13D2,14D2. The van der Waals surface area contributed by atoms with Gasteiger partial charge in [-0.05, 0) is 36.7 Å². The van der Waals surface area contributed by atoms with Gasteiger partial charge in [0.25, 0.3) is 0 Å². The van der Waals surface area contributed by atoms with Crippen LogP contribution >= 0.6 is 11.6 Å². The molecule has 1 aromatic carbocycles. The largest absolute Gasteiger partial charge is 0.369 e. The second kappa shape index (κ2) is 7.51. The highest BCUT2D eigenvalue weighted by atomic mass is 35.5. The van der Waals surface area contributed by atoms with Crippen LogP contribution in [0.25, 0.3) is 5.65 Å². The lowest BCUT2D eigenvalue weighted by molar-refractivity contribution is 0.248. The lowest BCUT2D eigenvalue weighted by atomic mass is 10.2. The normalized spacial score (nSPS) is 29.7. The van der Waals surface area contributed by atoms with Crippen LogP contribution in [-0.4, -0.2) is 51.6 Å². The van der Waals surface area contributed by atoms with Gasteiger partial charge in [-0.25, -0.2) is 9.48 Å². The third-order valence-corrected chi connectivity index (χ3v) is 3.91. The summed E-state index contributed by atoms with van der Waals surface area (Å²) >= 11 is 5.97. The highest BCUT2D eigenvalue weighted by Gasteiger charge is 2.17. The molecule has 136 valence electrons. The lowest BCUT2D eigenvalue weighted by Crippen LogP contribution is -2.46. The van der Waals surface area contributed by atoms with Crippen LogP contribution in [0.15, 0.2) is 53.5 Å². The van der Waals surface area contributed by atoms with Gasteiger partial charge in [0.1, 0.15) is 0 Å².